The Hall–Kier alpha value is -1.01. The van der Waals surface area contributed by atoms with Gasteiger partial charge in [-0.15, -0.1) is 12.4 Å². The molecule has 24 heavy (non-hydrogen) atoms. The lowest BCUT2D eigenvalue weighted by Gasteiger charge is -2.35. The third-order valence-corrected chi connectivity index (χ3v) is 5.01. The largest absolute Gasteiger partial charge is 0.338 e. The van der Waals surface area contributed by atoms with E-state index in [-0.39, 0.29) is 30.4 Å². The average Bonchev–Trinajstić information content (AvgIpc) is 2.59. The van der Waals surface area contributed by atoms with Gasteiger partial charge < -0.3 is 21.3 Å². The minimum atomic E-state index is -0.0952. The van der Waals surface area contributed by atoms with Crippen molar-refractivity contribution >= 4 is 24.3 Å². The van der Waals surface area contributed by atoms with Gasteiger partial charge in [0.25, 0.3) is 0 Å². The lowest BCUT2D eigenvalue weighted by molar-refractivity contribution is -0.134. The van der Waals surface area contributed by atoms with E-state index in [1.54, 1.807) is 0 Å². The molecule has 4 N–H and O–H groups in total. The van der Waals surface area contributed by atoms with Gasteiger partial charge in [-0.1, -0.05) is 19.3 Å². The smallest absolute Gasteiger partial charge is 0.315 e. The molecule has 0 aromatic carbocycles. The van der Waals surface area contributed by atoms with Crippen LogP contribution in [0, 0.1) is 0 Å². The molecule has 140 valence electrons. The minimum Gasteiger partial charge on any atom is -0.338 e. The molecule has 2 rings (SSSR count). The second-order valence-electron chi connectivity index (χ2n) is 6.81. The van der Waals surface area contributed by atoms with Crippen molar-refractivity contribution in [3.05, 3.63) is 0 Å². The summed E-state index contributed by atoms with van der Waals surface area (Å²) in [5.41, 5.74) is 5.76. The van der Waals surface area contributed by atoms with Crippen molar-refractivity contribution in [3.63, 3.8) is 0 Å². The third kappa shape index (κ3) is 6.85. The number of nitrogens with zero attached hydrogens (tertiary/aromatic N) is 1. The van der Waals surface area contributed by atoms with E-state index in [2.05, 4.69) is 10.6 Å². The van der Waals surface area contributed by atoms with Crippen molar-refractivity contribution in [3.8, 4) is 0 Å². The Morgan fingerprint density at radius 1 is 1.04 bits per heavy atom. The summed E-state index contributed by atoms with van der Waals surface area (Å²) < 4.78 is 0. The Morgan fingerprint density at radius 3 is 2.46 bits per heavy atom. The lowest BCUT2D eigenvalue weighted by Crippen LogP contribution is -2.47. The summed E-state index contributed by atoms with van der Waals surface area (Å²) in [6, 6.07) is 0.435. The highest BCUT2D eigenvalue weighted by Crippen LogP contribution is 2.18. The fourth-order valence-electron chi connectivity index (χ4n) is 3.64. The van der Waals surface area contributed by atoms with Crippen LogP contribution in [0.15, 0.2) is 0 Å². The highest BCUT2D eigenvalue weighted by molar-refractivity contribution is 5.85. The van der Waals surface area contributed by atoms with Crippen molar-refractivity contribution < 1.29 is 9.59 Å². The van der Waals surface area contributed by atoms with E-state index in [0.29, 0.717) is 32.0 Å². The van der Waals surface area contributed by atoms with Crippen LogP contribution in [-0.2, 0) is 4.79 Å². The molecular formula is C17H33ClN4O2. The van der Waals surface area contributed by atoms with Crippen LogP contribution in [0.25, 0.3) is 0 Å². The Morgan fingerprint density at radius 2 is 1.75 bits per heavy atom. The Bertz CT molecular complexity index is 389. The number of amides is 3. The van der Waals surface area contributed by atoms with E-state index in [1.807, 2.05) is 4.90 Å². The van der Waals surface area contributed by atoms with Gasteiger partial charge in [0.2, 0.25) is 5.91 Å². The topological polar surface area (TPSA) is 87.5 Å². The van der Waals surface area contributed by atoms with Gasteiger partial charge >= 0.3 is 6.03 Å². The summed E-state index contributed by atoms with van der Waals surface area (Å²) in [5, 5.41) is 5.89. The number of urea groups is 1. The number of piperidine rings is 1. The van der Waals surface area contributed by atoms with Gasteiger partial charge in [-0.3, -0.25) is 4.79 Å². The summed E-state index contributed by atoms with van der Waals surface area (Å²) >= 11 is 0. The fraction of sp³-hybridized carbons (Fsp3) is 0.882. The molecule has 1 aliphatic carbocycles. The molecule has 1 aliphatic heterocycles. The van der Waals surface area contributed by atoms with E-state index < -0.39 is 0 Å². The number of nitrogens with one attached hydrogen (secondary N) is 2. The quantitative estimate of drug-likeness (QED) is 0.634. The van der Waals surface area contributed by atoms with Crippen LogP contribution in [0.3, 0.4) is 0 Å². The van der Waals surface area contributed by atoms with Crippen LogP contribution in [-0.4, -0.2) is 48.6 Å². The minimum absolute atomic E-state index is 0. The summed E-state index contributed by atoms with van der Waals surface area (Å²) in [4.78, 5) is 26.0. The first-order chi connectivity index (χ1) is 11.2. The molecular weight excluding hydrogens is 328 g/mol. The van der Waals surface area contributed by atoms with Crippen LogP contribution in [0.1, 0.15) is 64.2 Å². The number of hydrogen-bond acceptors (Lipinski definition) is 3. The van der Waals surface area contributed by atoms with E-state index >= 15 is 0 Å². The van der Waals surface area contributed by atoms with Gasteiger partial charge in [0.1, 0.15) is 0 Å². The van der Waals surface area contributed by atoms with Gasteiger partial charge in [-0.2, -0.15) is 0 Å². The maximum Gasteiger partial charge on any atom is 0.315 e. The van der Waals surface area contributed by atoms with Crippen molar-refractivity contribution in [2.75, 3.05) is 19.6 Å². The molecule has 2 aliphatic rings. The normalized spacial score (nSPS) is 21.7. The number of nitrogens with two attached hydrogens (primary N) is 1. The Labute approximate surface area is 151 Å². The maximum absolute atomic E-state index is 12.3. The first-order valence-electron chi connectivity index (χ1n) is 9.24. The second-order valence-corrected chi connectivity index (χ2v) is 6.81. The summed E-state index contributed by atoms with van der Waals surface area (Å²) in [6.07, 6.45) is 10.3. The van der Waals surface area contributed by atoms with E-state index in [9.17, 15) is 9.59 Å². The van der Waals surface area contributed by atoms with Crippen molar-refractivity contribution in [1.29, 1.82) is 0 Å². The summed E-state index contributed by atoms with van der Waals surface area (Å²) in [6.45, 7) is 1.93. The molecule has 3 amide bonds. The van der Waals surface area contributed by atoms with Crippen LogP contribution in [0.2, 0.25) is 0 Å². The van der Waals surface area contributed by atoms with E-state index in [0.717, 1.165) is 38.6 Å². The zero-order valence-electron chi connectivity index (χ0n) is 14.6. The Balaban J connectivity index is 0.00000288. The van der Waals surface area contributed by atoms with Crippen LogP contribution in [0.4, 0.5) is 4.79 Å². The van der Waals surface area contributed by atoms with Gasteiger partial charge in [-0.05, 0) is 38.5 Å². The number of rotatable bonds is 6. The maximum atomic E-state index is 12.3. The molecule has 1 heterocycles. The fourth-order valence-corrected chi connectivity index (χ4v) is 3.64. The highest BCUT2D eigenvalue weighted by Gasteiger charge is 2.24. The summed E-state index contributed by atoms with van der Waals surface area (Å²) in [7, 11) is 0. The first kappa shape index (κ1) is 21.0. The molecule has 1 atom stereocenters. The molecule has 0 bridgehead atoms. The molecule has 6 nitrogen and oxygen atoms in total. The molecule has 0 aromatic rings. The molecule has 1 saturated carbocycles. The number of hydrogen-bond donors (Lipinski definition) is 3. The molecule has 0 spiro atoms. The molecule has 0 radical (unpaired) electrons. The predicted molar refractivity (Wildman–Crippen MR) is 98.3 cm³/mol. The van der Waals surface area contributed by atoms with Crippen LogP contribution in [0.5, 0.6) is 0 Å². The average molecular weight is 361 g/mol. The van der Waals surface area contributed by atoms with E-state index in [4.69, 9.17) is 5.73 Å². The number of carbonyl (C=O) groups excluding carboxylic acids is 2. The molecule has 7 heteroatoms. The van der Waals surface area contributed by atoms with Crippen molar-refractivity contribution in [2.24, 2.45) is 5.73 Å². The lowest BCUT2D eigenvalue weighted by atomic mass is 9.96. The summed E-state index contributed by atoms with van der Waals surface area (Å²) in [5.74, 6) is 0.176. The second kappa shape index (κ2) is 11.5. The zero-order valence-corrected chi connectivity index (χ0v) is 15.4. The molecule has 2 fully saturated rings. The molecule has 0 aromatic heterocycles. The number of halogens is 1. The number of likely N-dealkylation sites (tertiary alicyclic amines) is 1. The van der Waals surface area contributed by atoms with Gasteiger partial charge in [-0.25, -0.2) is 4.79 Å². The van der Waals surface area contributed by atoms with Crippen LogP contribution < -0.4 is 16.4 Å². The zero-order chi connectivity index (χ0) is 16.5. The SMILES string of the molecule is Cl.NCC1CCCCN1C(=O)CCCNC(=O)NC1CCCCC1. The first-order valence-corrected chi connectivity index (χ1v) is 9.24. The van der Waals surface area contributed by atoms with Gasteiger partial charge in [0, 0.05) is 38.1 Å². The Kier molecular flexibility index (Phi) is 10.1. The number of carbonyl (C=O) groups is 2. The monoisotopic (exact) mass is 360 g/mol. The molecule has 1 unspecified atom stereocenters. The van der Waals surface area contributed by atoms with Gasteiger partial charge in [0.05, 0.1) is 0 Å². The standard InChI is InChI=1S/C17H32N4O2.ClH/c18-13-15-9-4-5-12-21(15)16(22)10-6-11-19-17(23)20-14-7-2-1-3-8-14;/h14-15H,1-13,18H2,(H2,19,20,23);1H. The molecule has 1 saturated heterocycles. The third-order valence-electron chi connectivity index (χ3n) is 5.01. The van der Waals surface area contributed by atoms with Gasteiger partial charge in [0.15, 0.2) is 0 Å². The van der Waals surface area contributed by atoms with Crippen LogP contribution >= 0.6 is 12.4 Å². The van der Waals surface area contributed by atoms with E-state index in [1.165, 1.54) is 19.3 Å². The van der Waals surface area contributed by atoms with Crippen molar-refractivity contribution in [1.82, 2.24) is 15.5 Å². The van der Waals surface area contributed by atoms with Crippen molar-refractivity contribution in [2.45, 2.75) is 76.3 Å². The predicted octanol–water partition coefficient (Wildman–Crippen LogP) is 2.16. The highest BCUT2D eigenvalue weighted by atomic mass is 35.5.